The highest BCUT2D eigenvalue weighted by Crippen LogP contribution is 2.28. The van der Waals surface area contributed by atoms with Crippen LogP contribution in [0.3, 0.4) is 0 Å². The first-order valence-corrected chi connectivity index (χ1v) is 7.98. The summed E-state index contributed by atoms with van der Waals surface area (Å²) in [6.07, 6.45) is 3.01. The zero-order chi connectivity index (χ0) is 19.2. The first-order valence-electron chi connectivity index (χ1n) is 7.98. The van der Waals surface area contributed by atoms with E-state index in [4.69, 9.17) is 14.7 Å². The Bertz CT molecular complexity index is 1100. The fourth-order valence-electron chi connectivity index (χ4n) is 2.48. The Labute approximate surface area is 154 Å². The predicted molar refractivity (Wildman–Crippen MR) is 101 cm³/mol. The molecule has 0 radical (unpaired) electrons. The lowest BCUT2D eigenvalue weighted by atomic mass is 10.2. The highest BCUT2D eigenvalue weighted by molar-refractivity contribution is 6.02. The van der Waals surface area contributed by atoms with Gasteiger partial charge in [-0.3, -0.25) is 4.79 Å². The van der Waals surface area contributed by atoms with Gasteiger partial charge in [0.05, 0.1) is 18.1 Å². The number of nitriles is 1. The van der Waals surface area contributed by atoms with Gasteiger partial charge in [-0.05, 0) is 42.0 Å². The van der Waals surface area contributed by atoms with Crippen molar-refractivity contribution in [1.29, 1.82) is 5.26 Å². The summed E-state index contributed by atoms with van der Waals surface area (Å²) in [5.74, 6) is 0.597. The maximum Gasteiger partial charge on any atom is 0.323 e. The van der Waals surface area contributed by atoms with E-state index in [9.17, 15) is 9.59 Å². The number of amides is 1. The number of hydrogen-bond acceptors (Lipinski definition) is 5. The molecule has 0 saturated carbocycles. The van der Waals surface area contributed by atoms with Gasteiger partial charge in [-0.25, -0.2) is 4.79 Å². The quantitative estimate of drug-likeness (QED) is 0.580. The molecule has 1 aromatic heterocycles. The lowest BCUT2D eigenvalue weighted by molar-refractivity contribution is -0.111. The van der Waals surface area contributed by atoms with Crippen molar-refractivity contribution in [3.8, 4) is 17.6 Å². The normalized spacial score (nSPS) is 10.7. The van der Waals surface area contributed by atoms with E-state index >= 15 is 0 Å². The van der Waals surface area contributed by atoms with Crippen LogP contribution in [0.15, 0.2) is 47.3 Å². The van der Waals surface area contributed by atoms with Crippen LogP contribution in [0.25, 0.3) is 17.1 Å². The van der Waals surface area contributed by atoms with Crippen LogP contribution in [-0.2, 0) is 4.79 Å². The standard InChI is InChI=1S/C19H16N4O4/c1-26-17-10-12(2-6-16(17)27-9-8-20)3-7-18(24)21-13-4-5-14-15(11-13)23-19(25)22-14/h2-7,10-11H,9H2,1H3,(H,21,24)(H2,22,23,25)/b7-3+. The van der Waals surface area contributed by atoms with Gasteiger partial charge in [0.25, 0.3) is 0 Å². The van der Waals surface area contributed by atoms with Gasteiger partial charge < -0.3 is 24.8 Å². The minimum Gasteiger partial charge on any atom is -0.493 e. The van der Waals surface area contributed by atoms with Gasteiger partial charge in [-0.2, -0.15) is 5.26 Å². The van der Waals surface area contributed by atoms with Crippen LogP contribution in [0.1, 0.15) is 5.56 Å². The molecule has 0 spiro atoms. The Morgan fingerprint density at radius 1 is 1.19 bits per heavy atom. The Hall–Kier alpha value is -3.99. The van der Waals surface area contributed by atoms with Crippen molar-refractivity contribution in [3.63, 3.8) is 0 Å². The van der Waals surface area contributed by atoms with E-state index in [1.54, 1.807) is 42.5 Å². The van der Waals surface area contributed by atoms with Crippen molar-refractivity contribution in [1.82, 2.24) is 9.97 Å². The van der Waals surface area contributed by atoms with Crippen LogP contribution in [0.2, 0.25) is 0 Å². The van der Waals surface area contributed by atoms with E-state index < -0.39 is 0 Å². The molecule has 2 aromatic carbocycles. The number of hydrogen-bond donors (Lipinski definition) is 3. The number of nitrogens with zero attached hydrogens (tertiary/aromatic N) is 1. The largest absolute Gasteiger partial charge is 0.493 e. The average molecular weight is 364 g/mol. The molecule has 0 aliphatic carbocycles. The van der Waals surface area contributed by atoms with Crippen molar-refractivity contribution < 1.29 is 14.3 Å². The molecule has 0 bridgehead atoms. The van der Waals surface area contributed by atoms with Crippen LogP contribution in [0.5, 0.6) is 11.5 Å². The number of fused-ring (bicyclic) bond motifs is 1. The third kappa shape index (κ3) is 4.35. The van der Waals surface area contributed by atoms with Crippen molar-refractivity contribution in [3.05, 3.63) is 58.5 Å². The molecule has 3 aromatic rings. The second-order valence-electron chi connectivity index (χ2n) is 5.52. The summed E-state index contributed by atoms with van der Waals surface area (Å²) in [5.41, 5.74) is 2.27. The number of methoxy groups -OCH3 is 1. The number of ether oxygens (including phenoxy) is 2. The highest BCUT2D eigenvalue weighted by atomic mass is 16.5. The molecule has 8 heteroatoms. The summed E-state index contributed by atoms with van der Waals surface area (Å²) in [5, 5.41) is 11.3. The van der Waals surface area contributed by atoms with E-state index in [2.05, 4.69) is 15.3 Å². The van der Waals surface area contributed by atoms with E-state index in [1.165, 1.54) is 13.2 Å². The molecule has 0 aliphatic heterocycles. The maximum absolute atomic E-state index is 12.1. The van der Waals surface area contributed by atoms with Gasteiger partial charge in [-0.1, -0.05) is 6.07 Å². The van der Waals surface area contributed by atoms with Crippen LogP contribution >= 0.6 is 0 Å². The zero-order valence-corrected chi connectivity index (χ0v) is 14.4. The molecule has 0 atom stereocenters. The van der Waals surface area contributed by atoms with Crippen LogP contribution in [0, 0.1) is 11.3 Å². The highest BCUT2D eigenvalue weighted by Gasteiger charge is 2.05. The number of benzene rings is 2. The number of carbonyl (C=O) groups is 1. The van der Waals surface area contributed by atoms with Gasteiger partial charge >= 0.3 is 5.69 Å². The van der Waals surface area contributed by atoms with E-state index in [0.717, 1.165) is 5.56 Å². The van der Waals surface area contributed by atoms with Gasteiger partial charge in [0.2, 0.25) is 5.91 Å². The Morgan fingerprint density at radius 2 is 2.00 bits per heavy atom. The maximum atomic E-state index is 12.1. The number of imidazole rings is 1. The smallest absolute Gasteiger partial charge is 0.323 e. The molecule has 3 rings (SSSR count). The second kappa shape index (κ2) is 7.93. The van der Waals surface area contributed by atoms with E-state index in [0.29, 0.717) is 28.2 Å². The molecule has 3 N–H and O–H groups in total. The summed E-state index contributed by atoms with van der Waals surface area (Å²) >= 11 is 0. The molecular formula is C19H16N4O4. The van der Waals surface area contributed by atoms with Gasteiger partial charge in [0, 0.05) is 11.8 Å². The van der Waals surface area contributed by atoms with Gasteiger partial charge in [-0.15, -0.1) is 0 Å². The van der Waals surface area contributed by atoms with Crippen LogP contribution in [0.4, 0.5) is 5.69 Å². The number of aromatic nitrogens is 2. The third-order valence-corrected chi connectivity index (χ3v) is 3.69. The van der Waals surface area contributed by atoms with Gasteiger partial charge in [0.1, 0.15) is 6.07 Å². The van der Waals surface area contributed by atoms with Crippen molar-refractivity contribution in [2.75, 3.05) is 19.0 Å². The molecule has 0 fully saturated rings. The number of carbonyl (C=O) groups excluding carboxylic acids is 1. The SMILES string of the molecule is COc1cc(/C=C/C(=O)Nc2ccc3[nH]c(=O)[nH]c3c2)ccc1OCC#N. The van der Waals surface area contributed by atoms with Crippen LogP contribution < -0.4 is 20.5 Å². The molecule has 0 aliphatic rings. The first kappa shape index (κ1) is 17.8. The van der Waals surface area contributed by atoms with Crippen molar-refractivity contribution in [2.24, 2.45) is 0 Å². The topological polar surface area (TPSA) is 120 Å². The minimum atomic E-state index is -0.323. The number of rotatable bonds is 6. The van der Waals surface area contributed by atoms with Crippen LogP contribution in [-0.4, -0.2) is 29.6 Å². The molecule has 27 heavy (non-hydrogen) atoms. The average Bonchev–Trinajstić information content (AvgIpc) is 3.04. The fraction of sp³-hybridized carbons (Fsp3) is 0.105. The van der Waals surface area contributed by atoms with E-state index in [1.807, 2.05) is 6.07 Å². The first-order chi connectivity index (χ1) is 13.1. The molecule has 1 heterocycles. The Balaban J connectivity index is 1.70. The zero-order valence-electron chi connectivity index (χ0n) is 14.4. The number of nitrogens with one attached hydrogen (secondary N) is 3. The lowest BCUT2D eigenvalue weighted by Gasteiger charge is -2.08. The molecule has 8 nitrogen and oxygen atoms in total. The third-order valence-electron chi connectivity index (χ3n) is 3.69. The number of aromatic amines is 2. The summed E-state index contributed by atoms with van der Waals surface area (Å²) in [4.78, 5) is 28.7. The van der Waals surface area contributed by atoms with E-state index in [-0.39, 0.29) is 18.2 Å². The molecule has 136 valence electrons. The number of H-pyrrole nitrogens is 2. The second-order valence-corrected chi connectivity index (χ2v) is 5.52. The molecule has 0 saturated heterocycles. The number of anilines is 1. The summed E-state index contributed by atoms with van der Waals surface area (Å²) < 4.78 is 10.5. The van der Waals surface area contributed by atoms with Gasteiger partial charge in [0.15, 0.2) is 18.1 Å². The predicted octanol–water partition coefficient (Wildman–Crippen LogP) is 2.42. The monoisotopic (exact) mass is 364 g/mol. The Kier molecular flexibility index (Phi) is 5.23. The fourth-order valence-corrected chi connectivity index (χ4v) is 2.48. The van der Waals surface area contributed by atoms with Crippen molar-refractivity contribution >= 4 is 28.7 Å². The summed E-state index contributed by atoms with van der Waals surface area (Å²) in [6, 6.07) is 12.1. The lowest BCUT2D eigenvalue weighted by Crippen LogP contribution is -2.07. The summed E-state index contributed by atoms with van der Waals surface area (Å²) in [6.45, 7) is -0.0787. The Morgan fingerprint density at radius 3 is 2.78 bits per heavy atom. The molecule has 0 unspecified atom stereocenters. The summed E-state index contributed by atoms with van der Waals surface area (Å²) in [7, 11) is 1.50. The minimum absolute atomic E-state index is 0.0787. The van der Waals surface area contributed by atoms with Crippen molar-refractivity contribution in [2.45, 2.75) is 0 Å². The molecular weight excluding hydrogens is 348 g/mol. The molecule has 1 amide bonds.